The zero-order chi connectivity index (χ0) is 26.3. The summed E-state index contributed by atoms with van der Waals surface area (Å²) >= 11 is 0. The van der Waals surface area contributed by atoms with Gasteiger partial charge in [-0.3, -0.25) is 14.4 Å². The van der Waals surface area contributed by atoms with E-state index in [2.05, 4.69) is 13.8 Å². The van der Waals surface area contributed by atoms with Gasteiger partial charge in [0.1, 0.15) is 6.61 Å². The van der Waals surface area contributed by atoms with E-state index in [1.807, 2.05) is 0 Å². The zero-order valence-corrected chi connectivity index (χ0v) is 21.0. The van der Waals surface area contributed by atoms with E-state index in [0.29, 0.717) is 32.7 Å². The summed E-state index contributed by atoms with van der Waals surface area (Å²) in [6.07, 6.45) is 2.61. The van der Waals surface area contributed by atoms with Crippen LogP contribution in [0.2, 0.25) is 0 Å². The normalized spacial score (nSPS) is 12.6. The van der Waals surface area contributed by atoms with Crippen molar-refractivity contribution >= 4 is 23.9 Å². The van der Waals surface area contributed by atoms with Gasteiger partial charge in [-0.25, -0.2) is 4.79 Å². The number of carbonyl (C=O) groups excluding carboxylic acids is 2. The van der Waals surface area contributed by atoms with Gasteiger partial charge in [0, 0.05) is 32.5 Å². The van der Waals surface area contributed by atoms with Crippen LogP contribution in [0, 0.1) is 0 Å². The van der Waals surface area contributed by atoms with Gasteiger partial charge in [0.15, 0.2) is 12.4 Å². The maximum atomic E-state index is 11.9. The molecule has 2 atom stereocenters. The first-order chi connectivity index (χ1) is 16.8. The predicted molar refractivity (Wildman–Crippen MR) is 125 cm³/mol. The maximum absolute atomic E-state index is 11.9. The summed E-state index contributed by atoms with van der Waals surface area (Å²) in [7, 11) is 0. The summed E-state index contributed by atoms with van der Waals surface area (Å²) in [6, 6.07) is 0. The molecule has 0 aliphatic heterocycles. The minimum absolute atomic E-state index is 0.0477. The Hall–Kier alpha value is -2.24. The fourth-order valence-corrected chi connectivity index (χ4v) is 2.76. The molecule has 0 bridgehead atoms. The lowest BCUT2D eigenvalue weighted by Crippen LogP contribution is -2.27. The standard InChI is InChI=1S/C24H42O11/c1-3-5-14-31-18-23(33-15-6-4-2)34-17-16-32-21(27)12-7-8-13-22(28)35-19(24(29)30)10-9-11-20(25)26/h19,23H,3-18H2,1-2H3,(H,25,26)(H,29,30). The third-order valence-corrected chi connectivity index (χ3v) is 4.77. The van der Waals surface area contributed by atoms with Gasteiger partial charge < -0.3 is 33.9 Å². The largest absolute Gasteiger partial charge is 0.481 e. The van der Waals surface area contributed by atoms with Gasteiger partial charge in [0.2, 0.25) is 0 Å². The van der Waals surface area contributed by atoms with Gasteiger partial charge >= 0.3 is 23.9 Å². The molecule has 0 radical (unpaired) electrons. The topological polar surface area (TPSA) is 155 Å². The second-order valence-corrected chi connectivity index (χ2v) is 7.98. The summed E-state index contributed by atoms with van der Waals surface area (Å²) in [6.45, 7) is 5.91. The van der Waals surface area contributed by atoms with Crippen LogP contribution in [0.25, 0.3) is 0 Å². The van der Waals surface area contributed by atoms with Crippen molar-refractivity contribution < 1.29 is 53.1 Å². The van der Waals surface area contributed by atoms with Crippen LogP contribution in [-0.2, 0) is 42.9 Å². The molecule has 204 valence electrons. The number of ether oxygens (including phenoxy) is 5. The van der Waals surface area contributed by atoms with Crippen LogP contribution < -0.4 is 0 Å². The summed E-state index contributed by atoms with van der Waals surface area (Å²) in [5.74, 6) is -3.50. The molecular formula is C24H42O11. The number of hydrogen-bond acceptors (Lipinski definition) is 9. The smallest absolute Gasteiger partial charge is 0.345 e. The summed E-state index contributed by atoms with van der Waals surface area (Å²) in [4.78, 5) is 45.3. The number of unbranched alkanes of at least 4 members (excludes halogenated alkanes) is 3. The lowest BCUT2D eigenvalue weighted by Gasteiger charge is -2.18. The van der Waals surface area contributed by atoms with Gasteiger partial charge in [-0.15, -0.1) is 0 Å². The molecule has 0 aliphatic rings. The van der Waals surface area contributed by atoms with Crippen LogP contribution in [-0.4, -0.2) is 79.5 Å². The minimum Gasteiger partial charge on any atom is -0.481 e. The van der Waals surface area contributed by atoms with Crippen LogP contribution in [0.5, 0.6) is 0 Å². The second-order valence-electron chi connectivity index (χ2n) is 7.98. The van der Waals surface area contributed by atoms with E-state index in [9.17, 15) is 19.2 Å². The Labute approximate surface area is 207 Å². The molecule has 0 aromatic heterocycles. The maximum Gasteiger partial charge on any atom is 0.345 e. The Balaban J connectivity index is 4.01. The molecule has 0 amide bonds. The van der Waals surface area contributed by atoms with Crippen molar-refractivity contribution in [2.45, 2.75) is 96.9 Å². The van der Waals surface area contributed by atoms with Crippen LogP contribution in [0.15, 0.2) is 0 Å². The van der Waals surface area contributed by atoms with E-state index < -0.39 is 36.3 Å². The number of esters is 2. The Morgan fingerprint density at radius 1 is 0.714 bits per heavy atom. The van der Waals surface area contributed by atoms with Crippen molar-refractivity contribution in [1.82, 2.24) is 0 Å². The Bertz CT molecular complexity index is 594. The van der Waals surface area contributed by atoms with Gasteiger partial charge in [-0.2, -0.15) is 0 Å². The van der Waals surface area contributed by atoms with Gasteiger partial charge in [0.25, 0.3) is 0 Å². The first-order valence-electron chi connectivity index (χ1n) is 12.4. The van der Waals surface area contributed by atoms with Gasteiger partial charge in [0.05, 0.1) is 13.2 Å². The molecule has 2 N–H and O–H groups in total. The number of carboxylic acid groups (broad SMARTS) is 2. The lowest BCUT2D eigenvalue weighted by molar-refractivity contribution is -0.181. The van der Waals surface area contributed by atoms with E-state index in [4.69, 9.17) is 33.9 Å². The summed E-state index contributed by atoms with van der Waals surface area (Å²) in [5, 5.41) is 17.7. The number of carboxylic acids is 2. The number of aliphatic carboxylic acids is 2. The molecule has 0 spiro atoms. The molecule has 0 saturated heterocycles. The van der Waals surface area contributed by atoms with Gasteiger partial charge in [-0.05, 0) is 38.5 Å². The average Bonchev–Trinajstić information content (AvgIpc) is 2.81. The Morgan fingerprint density at radius 2 is 1.34 bits per heavy atom. The molecule has 0 fully saturated rings. The molecule has 0 aliphatic carbocycles. The zero-order valence-electron chi connectivity index (χ0n) is 21.0. The monoisotopic (exact) mass is 506 g/mol. The van der Waals surface area contributed by atoms with E-state index in [1.165, 1.54) is 0 Å². The van der Waals surface area contributed by atoms with Crippen molar-refractivity contribution in [3.05, 3.63) is 0 Å². The van der Waals surface area contributed by atoms with Crippen LogP contribution >= 0.6 is 0 Å². The van der Waals surface area contributed by atoms with Crippen LogP contribution in [0.1, 0.15) is 84.5 Å². The molecule has 0 saturated carbocycles. The fourth-order valence-electron chi connectivity index (χ4n) is 2.76. The number of rotatable bonds is 24. The van der Waals surface area contributed by atoms with Crippen molar-refractivity contribution in [2.75, 3.05) is 33.0 Å². The minimum atomic E-state index is -1.38. The highest BCUT2D eigenvalue weighted by molar-refractivity contribution is 5.78. The summed E-state index contributed by atoms with van der Waals surface area (Å²) in [5.41, 5.74) is 0. The highest BCUT2D eigenvalue weighted by atomic mass is 16.7. The van der Waals surface area contributed by atoms with Crippen molar-refractivity contribution in [3.63, 3.8) is 0 Å². The molecule has 0 aromatic rings. The third-order valence-electron chi connectivity index (χ3n) is 4.77. The molecule has 35 heavy (non-hydrogen) atoms. The Kier molecular flexibility index (Phi) is 20.8. The highest BCUT2D eigenvalue weighted by Crippen LogP contribution is 2.10. The van der Waals surface area contributed by atoms with Crippen molar-refractivity contribution in [1.29, 1.82) is 0 Å². The first-order valence-corrected chi connectivity index (χ1v) is 12.4. The molecule has 2 unspecified atom stereocenters. The molecular weight excluding hydrogens is 464 g/mol. The fraction of sp³-hybridized carbons (Fsp3) is 0.833. The SMILES string of the molecule is CCCCOCC(OCCCC)OCCOC(=O)CCCCC(=O)OC(CCCC(=O)O)C(=O)O. The van der Waals surface area contributed by atoms with Crippen LogP contribution in [0.3, 0.4) is 0 Å². The quantitative estimate of drug-likeness (QED) is 0.112. The third kappa shape index (κ3) is 20.8. The summed E-state index contributed by atoms with van der Waals surface area (Å²) < 4.78 is 26.8. The molecule has 11 nitrogen and oxygen atoms in total. The number of hydrogen-bond donors (Lipinski definition) is 2. The predicted octanol–water partition coefficient (Wildman–Crippen LogP) is 3.32. The number of carbonyl (C=O) groups is 4. The van der Waals surface area contributed by atoms with E-state index in [-0.39, 0.29) is 45.3 Å². The lowest BCUT2D eigenvalue weighted by atomic mass is 10.1. The first kappa shape index (κ1) is 32.8. The molecule has 0 rings (SSSR count). The van der Waals surface area contributed by atoms with Crippen LogP contribution in [0.4, 0.5) is 0 Å². The van der Waals surface area contributed by atoms with E-state index >= 15 is 0 Å². The van der Waals surface area contributed by atoms with E-state index in [1.54, 1.807) is 0 Å². The Morgan fingerprint density at radius 3 is 1.97 bits per heavy atom. The van der Waals surface area contributed by atoms with Crippen molar-refractivity contribution in [3.8, 4) is 0 Å². The van der Waals surface area contributed by atoms with Crippen molar-refractivity contribution in [2.24, 2.45) is 0 Å². The van der Waals surface area contributed by atoms with E-state index in [0.717, 1.165) is 25.7 Å². The average molecular weight is 507 g/mol. The van der Waals surface area contributed by atoms with Gasteiger partial charge in [-0.1, -0.05) is 26.7 Å². The second kappa shape index (κ2) is 22.2. The molecule has 0 heterocycles. The molecule has 0 aromatic carbocycles. The molecule has 11 heteroatoms. The highest BCUT2D eigenvalue weighted by Gasteiger charge is 2.22.